The number of hydrogen-bond donors (Lipinski definition) is 1. The first-order valence-corrected chi connectivity index (χ1v) is 8.00. The van der Waals surface area contributed by atoms with E-state index in [2.05, 4.69) is 4.90 Å². The van der Waals surface area contributed by atoms with E-state index >= 15 is 0 Å². The molecule has 2 unspecified atom stereocenters. The molecule has 18 heavy (non-hydrogen) atoms. The van der Waals surface area contributed by atoms with Crippen molar-refractivity contribution in [1.82, 2.24) is 4.90 Å². The summed E-state index contributed by atoms with van der Waals surface area (Å²) in [6.07, 6.45) is 3.39. The van der Waals surface area contributed by atoms with Crippen LogP contribution in [0.1, 0.15) is 25.7 Å². The molecule has 5 nitrogen and oxygen atoms in total. The van der Waals surface area contributed by atoms with Crippen LogP contribution in [0.3, 0.4) is 0 Å². The highest BCUT2D eigenvalue weighted by Crippen LogP contribution is 2.30. The molecule has 0 bridgehead atoms. The van der Waals surface area contributed by atoms with Crippen molar-refractivity contribution in [2.75, 3.05) is 31.7 Å². The molecule has 2 N–H and O–H groups in total. The molecule has 2 fully saturated rings. The number of carbonyl (C=O) groups excluding carboxylic acids is 1. The molecule has 1 saturated carbocycles. The Hall–Kier alpha value is -0.460. The number of carbonyl (C=O) groups is 1. The maximum Gasteiger partial charge on any atom is 0.325 e. The number of rotatable bonds is 2. The van der Waals surface area contributed by atoms with Crippen molar-refractivity contribution >= 4 is 16.8 Å². The van der Waals surface area contributed by atoms with Gasteiger partial charge in [0.1, 0.15) is 5.54 Å². The Labute approximate surface area is 110 Å². The number of ether oxygens (including phenoxy) is 1. The van der Waals surface area contributed by atoms with E-state index in [1.165, 1.54) is 7.11 Å². The van der Waals surface area contributed by atoms with Crippen LogP contribution in [0.4, 0.5) is 0 Å². The minimum atomic E-state index is -0.825. The molecule has 0 aromatic carbocycles. The van der Waals surface area contributed by atoms with Crippen LogP contribution >= 0.6 is 0 Å². The van der Waals surface area contributed by atoms with Gasteiger partial charge < -0.3 is 10.5 Å². The van der Waals surface area contributed by atoms with Gasteiger partial charge in [0, 0.05) is 41.4 Å². The molecule has 1 saturated heterocycles. The third kappa shape index (κ3) is 2.92. The van der Waals surface area contributed by atoms with E-state index in [0.29, 0.717) is 18.9 Å². The third-order valence-electron chi connectivity index (χ3n) is 4.08. The second-order valence-electron chi connectivity index (χ2n) is 5.28. The summed E-state index contributed by atoms with van der Waals surface area (Å²) in [6, 6.07) is 0.333. The molecule has 104 valence electrons. The Kier molecular flexibility index (Phi) is 4.40. The SMILES string of the molecule is COC(=O)C1(N)CCCC(N2CCS(=O)CC2)C1. The van der Waals surface area contributed by atoms with Crippen LogP contribution < -0.4 is 5.73 Å². The highest BCUT2D eigenvalue weighted by atomic mass is 32.2. The Morgan fingerprint density at radius 3 is 2.72 bits per heavy atom. The summed E-state index contributed by atoms with van der Waals surface area (Å²) in [5.74, 6) is 1.19. The van der Waals surface area contributed by atoms with Crippen LogP contribution in [-0.2, 0) is 20.3 Å². The molecule has 0 amide bonds. The number of nitrogens with zero attached hydrogens (tertiary/aromatic N) is 1. The molecule has 1 aliphatic carbocycles. The summed E-state index contributed by atoms with van der Waals surface area (Å²) < 4.78 is 16.2. The molecule has 1 aliphatic heterocycles. The lowest BCUT2D eigenvalue weighted by Crippen LogP contribution is -2.57. The van der Waals surface area contributed by atoms with Crippen LogP contribution in [0.25, 0.3) is 0 Å². The van der Waals surface area contributed by atoms with Crippen LogP contribution in [-0.4, -0.2) is 58.4 Å². The second-order valence-corrected chi connectivity index (χ2v) is 6.98. The van der Waals surface area contributed by atoms with Gasteiger partial charge in [0.25, 0.3) is 0 Å². The van der Waals surface area contributed by atoms with Crippen molar-refractivity contribution in [1.29, 1.82) is 0 Å². The minimum absolute atomic E-state index is 0.298. The van der Waals surface area contributed by atoms with Gasteiger partial charge in [-0.25, -0.2) is 0 Å². The van der Waals surface area contributed by atoms with Crippen LogP contribution in [0.2, 0.25) is 0 Å². The first-order valence-electron chi connectivity index (χ1n) is 6.51. The fourth-order valence-corrected chi connectivity index (χ4v) is 4.08. The quantitative estimate of drug-likeness (QED) is 0.710. The average molecular weight is 274 g/mol. The standard InChI is InChI=1S/C12H22N2O3S/c1-17-11(15)12(13)4-2-3-10(9-12)14-5-7-18(16)8-6-14/h10H,2-9,13H2,1H3. The number of esters is 1. The van der Waals surface area contributed by atoms with Gasteiger partial charge in [-0.05, 0) is 25.7 Å². The lowest BCUT2D eigenvalue weighted by atomic mass is 9.79. The van der Waals surface area contributed by atoms with Crippen molar-refractivity contribution in [3.05, 3.63) is 0 Å². The monoisotopic (exact) mass is 274 g/mol. The second kappa shape index (κ2) is 5.67. The fourth-order valence-electron chi connectivity index (χ4n) is 3.00. The molecule has 1 heterocycles. The summed E-state index contributed by atoms with van der Waals surface area (Å²) in [7, 11) is 0.734. The zero-order chi connectivity index (χ0) is 13.2. The molecule has 6 heteroatoms. The van der Waals surface area contributed by atoms with Gasteiger partial charge in [0.15, 0.2) is 0 Å². The number of hydrogen-bond acceptors (Lipinski definition) is 5. The van der Waals surface area contributed by atoms with Crippen LogP contribution in [0.15, 0.2) is 0 Å². The summed E-state index contributed by atoms with van der Waals surface area (Å²) in [6.45, 7) is 1.71. The largest absolute Gasteiger partial charge is 0.468 e. The molecule has 2 aliphatic rings. The summed E-state index contributed by atoms with van der Waals surface area (Å²) >= 11 is 0. The van der Waals surface area contributed by atoms with Gasteiger partial charge in [-0.2, -0.15) is 0 Å². The molecule has 0 spiro atoms. The summed E-state index contributed by atoms with van der Waals surface area (Å²) in [4.78, 5) is 14.1. The van der Waals surface area contributed by atoms with Gasteiger partial charge >= 0.3 is 5.97 Å². The van der Waals surface area contributed by atoms with E-state index in [1.54, 1.807) is 0 Å². The van der Waals surface area contributed by atoms with Crippen molar-refractivity contribution in [3.63, 3.8) is 0 Å². The van der Waals surface area contributed by atoms with E-state index in [1.807, 2.05) is 0 Å². The first kappa shape index (κ1) is 14.0. The molecule has 0 aromatic rings. The molecule has 2 rings (SSSR count). The maximum absolute atomic E-state index is 11.8. The van der Waals surface area contributed by atoms with Gasteiger partial charge in [0.2, 0.25) is 0 Å². The number of nitrogens with two attached hydrogens (primary N) is 1. The summed E-state index contributed by atoms with van der Waals surface area (Å²) in [5.41, 5.74) is 5.35. The smallest absolute Gasteiger partial charge is 0.325 e. The molecular weight excluding hydrogens is 252 g/mol. The van der Waals surface area contributed by atoms with E-state index in [-0.39, 0.29) is 5.97 Å². The normalized spacial score (nSPS) is 35.3. The Morgan fingerprint density at radius 1 is 1.44 bits per heavy atom. The van der Waals surface area contributed by atoms with Gasteiger partial charge in [0.05, 0.1) is 7.11 Å². The highest BCUT2D eigenvalue weighted by Gasteiger charge is 2.42. The Morgan fingerprint density at radius 2 is 2.11 bits per heavy atom. The Balaban J connectivity index is 1.98. The van der Waals surface area contributed by atoms with E-state index in [0.717, 1.165) is 37.4 Å². The molecule has 0 radical (unpaired) electrons. The van der Waals surface area contributed by atoms with E-state index in [9.17, 15) is 9.00 Å². The Bertz CT molecular complexity index is 340. The van der Waals surface area contributed by atoms with Crippen LogP contribution in [0.5, 0.6) is 0 Å². The summed E-state index contributed by atoms with van der Waals surface area (Å²) in [5, 5.41) is 0. The topological polar surface area (TPSA) is 72.6 Å². The average Bonchev–Trinajstić information content (AvgIpc) is 2.38. The molecule has 2 atom stereocenters. The zero-order valence-corrected chi connectivity index (χ0v) is 11.7. The lowest BCUT2D eigenvalue weighted by Gasteiger charge is -2.42. The van der Waals surface area contributed by atoms with Crippen molar-refractivity contribution < 1.29 is 13.7 Å². The van der Waals surface area contributed by atoms with Gasteiger partial charge in [-0.15, -0.1) is 0 Å². The van der Waals surface area contributed by atoms with Gasteiger partial charge in [-0.1, -0.05) is 0 Å². The first-order chi connectivity index (χ1) is 8.55. The van der Waals surface area contributed by atoms with E-state index < -0.39 is 16.3 Å². The molecule has 0 aromatic heterocycles. The third-order valence-corrected chi connectivity index (χ3v) is 5.36. The van der Waals surface area contributed by atoms with Crippen LogP contribution in [0, 0.1) is 0 Å². The maximum atomic E-state index is 11.8. The highest BCUT2D eigenvalue weighted by molar-refractivity contribution is 7.85. The fraction of sp³-hybridized carbons (Fsp3) is 0.917. The van der Waals surface area contributed by atoms with Gasteiger partial charge in [-0.3, -0.25) is 13.9 Å². The predicted octanol–water partition coefficient (Wildman–Crippen LogP) is -0.136. The predicted molar refractivity (Wildman–Crippen MR) is 70.6 cm³/mol. The van der Waals surface area contributed by atoms with E-state index in [4.69, 9.17) is 10.5 Å². The molecular formula is C12H22N2O3S. The zero-order valence-electron chi connectivity index (χ0n) is 10.9. The van der Waals surface area contributed by atoms with Crippen molar-refractivity contribution in [2.45, 2.75) is 37.3 Å². The van der Waals surface area contributed by atoms with Crippen molar-refractivity contribution in [3.8, 4) is 0 Å². The lowest BCUT2D eigenvalue weighted by molar-refractivity contribution is -0.149. The minimum Gasteiger partial charge on any atom is -0.468 e. The number of methoxy groups -OCH3 is 1. The van der Waals surface area contributed by atoms with Crippen molar-refractivity contribution in [2.24, 2.45) is 5.73 Å².